The zero-order chi connectivity index (χ0) is 15.1. The van der Waals surface area contributed by atoms with Gasteiger partial charge in [-0.25, -0.2) is 0 Å². The van der Waals surface area contributed by atoms with E-state index in [4.69, 9.17) is 0 Å². The molecule has 3 rings (SSSR count). The van der Waals surface area contributed by atoms with E-state index in [-0.39, 0.29) is 22.7 Å². The number of nitro groups is 1. The van der Waals surface area contributed by atoms with Gasteiger partial charge in [0, 0.05) is 41.0 Å². The molecule has 2 aliphatic heterocycles. The standard InChI is InChI=1S/C15H17BrN2O3/c1-9-5-13(16)15(8-14(9)18(20)21)17-10-3-2-4-11(17)7-12(19)6-10/h5,8,10-11H,2-4,6-7H2,1H3. The Hall–Kier alpha value is -1.43. The van der Waals surface area contributed by atoms with Gasteiger partial charge in [-0.05, 0) is 48.2 Å². The van der Waals surface area contributed by atoms with E-state index in [9.17, 15) is 14.9 Å². The summed E-state index contributed by atoms with van der Waals surface area (Å²) in [6.07, 6.45) is 4.21. The van der Waals surface area contributed by atoms with E-state index in [1.54, 1.807) is 19.1 Å². The molecule has 2 bridgehead atoms. The lowest BCUT2D eigenvalue weighted by Crippen LogP contribution is -2.52. The van der Waals surface area contributed by atoms with Gasteiger partial charge in [0.15, 0.2) is 0 Å². The number of benzene rings is 1. The molecule has 21 heavy (non-hydrogen) atoms. The summed E-state index contributed by atoms with van der Waals surface area (Å²) in [4.78, 5) is 24.9. The molecule has 0 N–H and O–H groups in total. The van der Waals surface area contributed by atoms with Crippen molar-refractivity contribution in [1.29, 1.82) is 0 Å². The Morgan fingerprint density at radius 1 is 1.29 bits per heavy atom. The normalized spacial score (nSPS) is 25.0. The van der Waals surface area contributed by atoms with E-state index in [0.717, 1.165) is 29.4 Å². The molecule has 2 heterocycles. The van der Waals surface area contributed by atoms with Crippen molar-refractivity contribution in [3.8, 4) is 0 Å². The zero-order valence-corrected chi connectivity index (χ0v) is 13.4. The fourth-order valence-electron chi connectivity index (χ4n) is 3.61. The van der Waals surface area contributed by atoms with Crippen LogP contribution in [0.4, 0.5) is 11.4 Å². The molecule has 0 radical (unpaired) electrons. The van der Waals surface area contributed by atoms with Gasteiger partial charge < -0.3 is 4.90 Å². The Morgan fingerprint density at radius 2 is 1.90 bits per heavy atom. The SMILES string of the molecule is Cc1cc(Br)c(N2C3CCCC2CC(=O)C3)cc1[N+](=O)[O-]. The molecule has 2 unspecified atom stereocenters. The molecule has 0 aliphatic carbocycles. The van der Waals surface area contributed by atoms with Crippen LogP contribution in [0.1, 0.15) is 37.7 Å². The third-order valence-electron chi connectivity index (χ3n) is 4.53. The molecular weight excluding hydrogens is 336 g/mol. The van der Waals surface area contributed by atoms with Crippen molar-refractivity contribution in [1.82, 2.24) is 0 Å². The van der Waals surface area contributed by atoms with Crippen LogP contribution in [0.2, 0.25) is 0 Å². The Balaban J connectivity index is 2.05. The summed E-state index contributed by atoms with van der Waals surface area (Å²) < 4.78 is 0.872. The molecule has 2 aliphatic rings. The van der Waals surface area contributed by atoms with Crippen LogP contribution < -0.4 is 4.90 Å². The van der Waals surface area contributed by atoms with Gasteiger partial charge in [-0.1, -0.05) is 0 Å². The number of anilines is 1. The minimum Gasteiger partial charge on any atom is -0.364 e. The number of halogens is 1. The second kappa shape index (κ2) is 5.40. The van der Waals surface area contributed by atoms with Crippen molar-refractivity contribution in [3.05, 3.63) is 32.3 Å². The first-order valence-corrected chi connectivity index (χ1v) is 8.01. The number of Topliss-reactive ketones (excluding diaryl/α,β-unsaturated/α-hetero) is 1. The van der Waals surface area contributed by atoms with E-state index in [1.165, 1.54) is 0 Å². The van der Waals surface area contributed by atoms with Crippen molar-refractivity contribution < 1.29 is 9.72 Å². The molecular formula is C15H17BrN2O3. The summed E-state index contributed by atoms with van der Waals surface area (Å²) >= 11 is 3.54. The minimum atomic E-state index is -0.337. The zero-order valence-electron chi connectivity index (χ0n) is 11.8. The summed E-state index contributed by atoms with van der Waals surface area (Å²) in [6.45, 7) is 1.74. The molecule has 5 nitrogen and oxygen atoms in total. The number of aryl methyl sites for hydroxylation is 1. The number of rotatable bonds is 2. The number of nitrogens with zero attached hydrogens (tertiary/aromatic N) is 2. The lowest BCUT2D eigenvalue weighted by atomic mass is 9.83. The third kappa shape index (κ3) is 2.57. The minimum absolute atomic E-state index is 0.142. The maximum absolute atomic E-state index is 11.8. The van der Waals surface area contributed by atoms with Crippen molar-refractivity contribution in [2.24, 2.45) is 0 Å². The van der Waals surface area contributed by atoms with Crippen molar-refractivity contribution in [2.75, 3.05) is 4.90 Å². The van der Waals surface area contributed by atoms with Gasteiger partial charge in [-0.3, -0.25) is 14.9 Å². The van der Waals surface area contributed by atoms with E-state index < -0.39 is 0 Å². The number of nitro benzene ring substituents is 1. The molecule has 0 saturated carbocycles. The Bertz CT molecular complexity index is 601. The van der Waals surface area contributed by atoms with E-state index in [2.05, 4.69) is 20.8 Å². The number of ketones is 1. The number of carbonyl (C=O) groups excluding carboxylic acids is 1. The van der Waals surface area contributed by atoms with Gasteiger partial charge in [-0.2, -0.15) is 0 Å². The van der Waals surface area contributed by atoms with Crippen LogP contribution in [0.15, 0.2) is 16.6 Å². The topological polar surface area (TPSA) is 63.5 Å². The van der Waals surface area contributed by atoms with E-state index >= 15 is 0 Å². The van der Waals surface area contributed by atoms with Gasteiger partial charge in [0.25, 0.3) is 5.69 Å². The van der Waals surface area contributed by atoms with Gasteiger partial charge in [0.1, 0.15) is 5.78 Å². The van der Waals surface area contributed by atoms with Crippen LogP contribution in [0.25, 0.3) is 0 Å². The predicted molar refractivity (Wildman–Crippen MR) is 83.7 cm³/mol. The van der Waals surface area contributed by atoms with Gasteiger partial charge in [0.05, 0.1) is 10.6 Å². The number of carbonyl (C=O) groups is 1. The predicted octanol–water partition coefficient (Wildman–Crippen LogP) is 3.76. The van der Waals surface area contributed by atoms with E-state index in [1.807, 2.05) is 0 Å². The molecule has 0 amide bonds. The lowest BCUT2D eigenvalue weighted by molar-refractivity contribution is -0.385. The average molecular weight is 353 g/mol. The van der Waals surface area contributed by atoms with Crippen LogP contribution in [0.5, 0.6) is 0 Å². The Kier molecular flexibility index (Phi) is 3.73. The number of fused-ring (bicyclic) bond motifs is 2. The molecule has 112 valence electrons. The largest absolute Gasteiger partial charge is 0.364 e. The second-order valence-electron chi connectivity index (χ2n) is 5.94. The van der Waals surface area contributed by atoms with Gasteiger partial charge >= 0.3 is 0 Å². The van der Waals surface area contributed by atoms with Crippen LogP contribution >= 0.6 is 15.9 Å². The van der Waals surface area contributed by atoms with Crippen LogP contribution in [-0.2, 0) is 4.79 Å². The highest BCUT2D eigenvalue weighted by Gasteiger charge is 2.38. The third-order valence-corrected chi connectivity index (χ3v) is 5.16. The second-order valence-corrected chi connectivity index (χ2v) is 6.79. The maximum atomic E-state index is 11.8. The fourth-order valence-corrected chi connectivity index (χ4v) is 4.28. The van der Waals surface area contributed by atoms with E-state index in [0.29, 0.717) is 24.2 Å². The first-order chi connectivity index (χ1) is 9.97. The van der Waals surface area contributed by atoms with Gasteiger partial charge in [0.2, 0.25) is 0 Å². The van der Waals surface area contributed by atoms with Gasteiger partial charge in [-0.15, -0.1) is 0 Å². The molecule has 6 heteroatoms. The molecule has 2 fully saturated rings. The van der Waals surface area contributed by atoms with Crippen LogP contribution in [0.3, 0.4) is 0 Å². The highest BCUT2D eigenvalue weighted by molar-refractivity contribution is 9.10. The molecule has 2 saturated heterocycles. The molecule has 2 atom stereocenters. The molecule has 0 spiro atoms. The van der Waals surface area contributed by atoms with Crippen molar-refractivity contribution in [2.45, 2.75) is 51.1 Å². The number of hydrogen-bond acceptors (Lipinski definition) is 4. The van der Waals surface area contributed by atoms with Crippen LogP contribution in [-0.4, -0.2) is 22.8 Å². The number of piperidine rings is 2. The Labute approximate surface area is 131 Å². The lowest BCUT2D eigenvalue weighted by Gasteiger charge is -2.47. The average Bonchev–Trinajstić information content (AvgIpc) is 2.38. The maximum Gasteiger partial charge on any atom is 0.274 e. The first kappa shape index (κ1) is 14.5. The molecule has 1 aromatic rings. The van der Waals surface area contributed by atoms with Crippen LogP contribution in [0, 0.1) is 17.0 Å². The number of hydrogen-bond donors (Lipinski definition) is 0. The van der Waals surface area contributed by atoms with Crippen molar-refractivity contribution in [3.63, 3.8) is 0 Å². The monoisotopic (exact) mass is 352 g/mol. The quantitative estimate of drug-likeness (QED) is 0.600. The summed E-state index contributed by atoms with van der Waals surface area (Å²) in [6, 6.07) is 3.83. The molecule has 1 aromatic carbocycles. The van der Waals surface area contributed by atoms with Crippen molar-refractivity contribution >= 4 is 33.1 Å². The summed E-state index contributed by atoms with van der Waals surface area (Å²) in [5, 5.41) is 11.2. The summed E-state index contributed by atoms with van der Waals surface area (Å²) in [5.74, 6) is 0.318. The smallest absolute Gasteiger partial charge is 0.274 e. The first-order valence-electron chi connectivity index (χ1n) is 7.22. The summed E-state index contributed by atoms with van der Waals surface area (Å²) in [5.41, 5.74) is 1.64. The highest BCUT2D eigenvalue weighted by Crippen LogP contribution is 2.41. The summed E-state index contributed by atoms with van der Waals surface area (Å²) in [7, 11) is 0. The molecule has 0 aromatic heterocycles. The fraction of sp³-hybridized carbons (Fsp3) is 0.533. The highest BCUT2D eigenvalue weighted by atomic mass is 79.9. The Morgan fingerprint density at radius 3 is 2.48 bits per heavy atom.